The quantitative estimate of drug-likeness (QED) is 0.520. The molecule has 2 atom stereocenters. The van der Waals surface area contributed by atoms with Crippen LogP contribution in [0.2, 0.25) is 0 Å². The molecule has 0 saturated carbocycles. The van der Waals surface area contributed by atoms with E-state index in [1.54, 1.807) is 12.5 Å². The Morgan fingerprint density at radius 3 is 2.80 bits per heavy atom. The monoisotopic (exact) mass is 397 g/mol. The molecule has 0 spiro atoms. The summed E-state index contributed by atoms with van der Waals surface area (Å²) < 4.78 is 7.38. The van der Waals surface area contributed by atoms with Crippen LogP contribution in [0.25, 0.3) is 16.9 Å². The third kappa shape index (κ3) is 3.48. The van der Waals surface area contributed by atoms with Crippen LogP contribution in [0.1, 0.15) is 35.7 Å². The molecule has 30 heavy (non-hydrogen) atoms. The van der Waals surface area contributed by atoms with Crippen molar-refractivity contribution in [1.82, 2.24) is 20.2 Å². The minimum Gasteiger partial charge on any atom is -0.472 e. The number of nitrogens with zero attached hydrogens (tertiary/aromatic N) is 3. The van der Waals surface area contributed by atoms with E-state index < -0.39 is 0 Å². The highest BCUT2D eigenvalue weighted by atomic mass is 16.3. The first-order valence-corrected chi connectivity index (χ1v) is 10.0. The normalized spacial score (nSPS) is 17.2. The summed E-state index contributed by atoms with van der Waals surface area (Å²) in [5, 5.41) is 6.96. The Morgan fingerprint density at radius 2 is 2.00 bits per heavy atom. The first-order chi connectivity index (χ1) is 14.7. The van der Waals surface area contributed by atoms with Crippen LogP contribution in [0, 0.1) is 6.92 Å². The third-order valence-corrected chi connectivity index (χ3v) is 5.33. The van der Waals surface area contributed by atoms with E-state index in [-0.39, 0.29) is 12.1 Å². The zero-order valence-corrected chi connectivity index (χ0v) is 16.9. The third-order valence-electron chi connectivity index (χ3n) is 5.33. The van der Waals surface area contributed by atoms with Gasteiger partial charge < -0.3 is 15.1 Å². The molecule has 150 valence electrons. The van der Waals surface area contributed by atoms with Crippen molar-refractivity contribution in [2.75, 3.05) is 0 Å². The molecule has 5 rings (SSSR count). The molecule has 0 bridgehead atoms. The summed E-state index contributed by atoms with van der Waals surface area (Å²) in [4.78, 5) is 9.43. The van der Waals surface area contributed by atoms with Gasteiger partial charge in [-0.25, -0.2) is 9.98 Å². The highest BCUT2D eigenvalue weighted by Gasteiger charge is 2.21. The van der Waals surface area contributed by atoms with Crippen LogP contribution in [-0.2, 0) is 0 Å². The summed E-state index contributed by atoms with van der Waals surface area (Å²) in [5.74, 6) is 1.62. The second kappa shape index (κ2) is 7.55. The van der Waals surface area contributed by atoms with E-state index >= 15 is 0 Å². The fraction of sp³-hybridized carbons (Fsp3) is 0.167. The Balaban J connectivity index is 1.51. The molecule has 2 aromatic carbocycles. The van der Waals surface area contributed by atoms with Gasteiger partial charge in [0.15, 0.2) is 5.96 Å². The second-order valence-corrected chi connectivity index (χ2v) is 7.54. The number of fused-ring (bicyclic) bond motifs is 1. The topological polar surface area (TPSA) is 67.4 Å². The van der Waals surface area contributed by atoms with Gasteiger partial charge in [0.2, 0.25) is 0 Å². The molecule has 0 fully saturated rings. The van der Waals surface area contributed by atoms with Crippen molar-refractivity contribution in [3.05, 3.63) is 96.2 Å². The number of furan rings is 1. The van der Waals surface area contributed by atoms with Gasteiger partial charge >= 0.3 is 0 Å². The summed E-state index contributed by atoms with van der Waals surface area (Å²) in [6.45, 7) is 4.21. The zero-order valence-electron chi connectivity index (χ0n) is 16.9. The molecule has 1 unspecified atom stereocenters. The van der Waals surface area contributed by atoms with Crippen molar-refractivity contribution >= 4 is 22.8 Å². The largest absolute Gasteiger partial charge is 0.472 e. The number of aliphatic imine (C=N–C) groups is 1. The van der Waals surface area contributed by atoms with Gasteiger partial charge in [-0.05, 0) is 49.2 Å². The van der Waals surface area contributed by atoms with Gasteiger partial charge in [0, 0.05) is 5.56 Å². The fourth-order valence-electron chi connectivity index (χ4n) is 3.69. The molecule has 3 heterocycles. The number of benzene rings is 2. The first kappa shape index (κ1) is 18.2. The van der Waals surface area contributed by atoms with Crippen LogP contribution in [0.15, 0.2) is 88.9 Å². The summed E-state index contributed by atoms with van der Waals surface area (Å²) >= 11 is 0. The maximum absolute atomic E-state index is 5.31. The Labute approximate surface area is 175 Å². The molecule has 2 aromatic heterocycles. The Bertz CT molecular complexity index is 1220. The number of aryl methyl sites for hydroxylation is 1. The molecule has 1 aliphatic heterocycles. The highest BCUT2D eigenvalue weighted by Crippen LogP contribution is 2.27. The van der Waals surface area contributed by atoms with Crippen LogP contribution in [0.5, 0.6) is 0 Å². The van der Waals surface area contributed by atoms with E-state index in [0.717, 1.165) is 22.4 Å². The lowest BCUT2D eigenvalue weighted by atomic mass is 10.1. The van der Waals surface area contributed by atoms with Gasteiger partial charge in [0.05, 0.1) is 29.6 Å². The van der Waals surface area contributed by atoms with E-state index in [0.29, 0.717) is 5.96 Å². The van der Waals surface area contributed by atoms with Crippen molar-refractivity contribution < 1.29 is 4.42 Å². The minimum atomic E-state index is -0.160. The van der Waals surface area contributed by atoms with Gasteiger partial charge in [0.25, 0.3) is 0 Å². The van der Waals surface area contributed by atoms with Crippen LogP contribution >= 0.6 is 0 Å². The predicted octanol–water partition coefficient (Wildman–Crippen LogP) is 4.79. The number of imidazole rings is 1. The average molecular weight is 397 g/mol. The maximum atomic E-state index is 5.31. The number of aromatic nitrogens is 2. The molecule has 1 aliphatic rings. The molecular formula is C24H23N5O. The summed E-state index contributed by atoms with van der Waals surface area (Å²) in [6, 6.07) is 18.5. The van der Waals surface area contributed by atoms with Gasteiger partial charge in [-0.3, -0.25) is 4.57 Å². The van der Waals surface area contributed by atoms with Crippen LogP contribution < -0.4 is 10.6 Å². The Morgan fingerprint density at radius 1 is 1.13 bits per heavy atom. The fourth-order valence-corrected chi connectivity index (χ4v) is 3.69. The lowest BCUT2D eigenvalue weighted by Gasteiger charge is -2.25. The van der Waals surface area contributed by atoms with Crippen molar-refractivity contribution in [2.24, 2.45) is 4.99 Å². The molecule has 6 heteroatoms. The molecular weight excluding hydrogens is 374 g/mol. The second-order valence-electron chi connectivity index (χ2n) is 7.54. The Hall–Kier alpha value is -3.80. The lowest BCUT2D eigenvalue weighted by molar-refractivity contribution is 0.562. The molecule has 0 saturated heterocycles. The van der Waals surface area contributed by atoms with Gasteiger partial charge in [-0.2, -0.15) is 0 Å². The number of hydrogen-bond donors (Lipinski definition) is 2. The van der Waals surface area contributed by atoms with Gasteiger partial charge in [0.1, 0.15) is 18.2 Å². The number of hydrogen-bond acceptors (Lipinski definition) is 5. The van der Waals surface area contributed by atoms with Crippen molar-refractivity contribution in [2.45, 2.75) is 25.9 Å². The van der Waals surface area contributed by atoms with Crippen LogP contribution in [0.4, 0.5) is 0 Å². The van der Waals surface area contributed by atoms with Crippen molar-refractivity contribution in [1.29, 1.82) is 0 Å². The van der Waals surface area contributed by atoms with Crippen molar-refractivity contribution in [3.63, 3.8) is 0 Å². The predicted molar refractivity (Wildman–Crippen MR) is 119 cm³/mol. The zero-order chi connectivity index (χ0) is 20.5. The maximum Gasteiger partial charge on any atom is 0.198 e. The smallest absolute Gasteiger partial charge is 0.198 e. The number of rotatable bonds is 4. The lowest BCUT2D eigenvalue weighted by Crippen LogP contribution is -2.41. The molecule has 0 aliphatic carbocycles. The van der Waals surface area contributed by atoms with Gasteiger partial charge in [-0.1, -0.05) is 36.4 Å². The van der Waals surface area contributed by atoms with E-state index in [9.17, 15) is 0 Å². The minimum absolute atomic E-state index is 0.101. The summed E-state index contributed by atoms with van der Waals surface area (Å²) in [7, 11) is 0. The standard InChI is InChI=1S/C24H23N5O/c1-16-8-9-20-22(12-16)29(15-25-20)23-13-21(19-10-11-30-14-19)27-24(28-23)26-17(2)18-6-4-3-5-7-18/h3-15,17,21H,1-2H3,(H2,26,27,28)/t17-,21?/m0/s1. The van der Waals surface area contributed by atoms with E-state index in [1.165, 1.54) is 11.1 Å². The molecule has 6 nitrogen and oxygen atoms in total. The van der Waals surface area contributed by atoms with Crippen LogP contribution in [-0.4, -0.2) is 15.5 Å². The van der Waals surface area contributed by atoms with E-state index in [2.05, 4.69) is 64.4 Å². The summed E-state index contributed by atoms with van der Waals surface area (Å²) in [6.07, 6.45) is 7.35. The summed E-state index contributed by atoms with van der Waals surface area (Å²) in [5.41, 5.74) is 5.40. The van der Waals surface area contributed by atoms with E-state index in [1.807, 2.05) is 36.7 Å². The number of guanidine groups is 1. The van der Waals surface area contributed by atoms with Crippen molar-refractivity contribution in [3.8, 4) is 0 Å². The molecule has 0 radical (unpaired) electrons. The highest BCUT2D eigenvalue weighted by molar-refractivity contribution is 5.90. The Kier molecular flexibility index (Phi) is 4.59. The molecule has 0 amide bonds. The SMILES string of the molecule is Cc1ccc2ncn(C3=CC(c4ccoc4)N=C(N[C@@H](C)c4ccccc4)N3)c2c1. The average Bonchev–Trinajstić information content (AvgIpc) is 3.44. The van der Waals surface area contributed by atoms with E-state index in [4.69, 9.17) is 9.41 Å². The first-order valence-electron chi connectivity index (χ1n) is 10.0. The van der Waals surface area contributed by atoms with Gasteiger partial charge in [-0.15, -0.1) is 0 Å². The number of nitrogens with one attached hydrogen (secondary N) is 2. The molecule has 2 N–H and O–H groups in total. The van der Waals surface area contributed by atoms with Crippen LogP contribution in [0.3, 0.4) is 0 Å². The molecule has 4 aromatic rings.